The van der Waals surface area contributed by atoms with Crippen LogP contribution in [0.25, 0.3) is 0 Å². The van der Waals surface area contributed by atoms with Crippen molar-refractivity contribution in [2.75, 3.05) is 13.2 Å². The predicted molar refractivity (Wildman–Crippen MR) is 44.1 cm³/mol. The summed E-state index contributed by atoms with van der Waals surface area (Å²) in [6.45, 7) is 4.14. The van der Waals surface area contributed by atoms with E-state index in [2.05, 4.69) is 5.32 Å². The molecule has 0 spiro atoms. The van der Waals surface area contributed by atoms with Crippen molar-refractivity contribution >= 4 is 12.1 Å². The molecule has 0 unspecified atom stereocenters. The largest absolute Gasteiger partial charge is 0.466 e. The molecule has 0 aromatic carbocycles. The number of hydrogen-bond donors (Lipinski definition) is 1. The quantitative estimate of drug-likeness (QED) is 0.645. The number of esters is 1. The molecule has 2 atom stereocenters. The van der Waals surface area contributed by atoms with E-state index in [0.717, 1.165) is 0 Å². The van der Waals surface area contributed by atoms with Crippen molar-refractivity contribution < 1.29 is 19.1 Å². The highest BCUT2D eigenvalue weighted by molar-refractivity contribution is 5.75. The monoisotopic (exact) mass is 187 g/mol. The number of hydrogen-bond acceptors (Lipinski definition) is 4. The van der Waals surface area contributed by atoms with E-state index >= 15 is 0 Å². The van der Waals surface area contributed by atoms with Crippen LogP contribution in [0.5, 0.6) is 0 Å². The maximum Gasteiger partial charge on any atom is 0.407 e. The third-order valence-electron chi connectivity index (χ3n) is 1.92. The normalized spacial score (nSPS) is 23.2. The van der Waals surface area contributed by atoms with Crippen LogP contribution in [0.3, 0.4) is 0 Å². The van der Waals surface area contributed by atoms with Crippen LogP contribution in [0.15, 0.2) is 0 Å². The molecule has 1 heterocycles. The lowest BCUT2D eigenvalue weighted by Crippen LogP contribution is -2.30. The third-order valence-corrected chi connectivity index (χ3v) is 1.92. The van der Waals surface area contributed by atoms with Gasteiger partial charge in [0, 0.05) is 0 Å². The summed E-state index contributed by atoms with van der Waals surface area (Å²) in [6, 6.07) is 0. The Balaban J connectivity index is 2.43. The highest BCUT2D eigenvalue weighted by Gasteiger charge is 2.32. The zero-order valence-corrected chi connectivity index (χ0v) is 7.70. The number of nitrogens with one attached hydrogen (secondary N) is 1. The number of alkyl carbamates (subject to hydrolysis) is 1. The minimum absolute atomic E-state index is 0.330. The van der Waals surface area contributed by atoms with Gasteiger partial charge in [0.25, 0.3) is 0 Å². The fourth-order valence-electron chi connectivity index (χ4n) is 1.11. The highest BCUT2D eigenvalue weighted by Crippen LogP contribution is 2.13. The van der Waals surface area contributed by atoms with Crippen LogP contribution >= 0.6 is 0 Å². The van der Waals surface area contributed by atoms with Gasteiger partial charge in [0.2, 0.25) is 0 Å². The molecule has 1 aliphatic rings. The van der Waals surface area contributed by atoms with Gasteiger partial charge >= 0.3 is 12.1 Å². The molecule has 0 aromatic rings. The standard InChI is InChI=1S/C8H13NO4/c1-3-12-7(10)5(2)6-4-9-8(11)13-6/h5-6H,3-4H2,1-2H3,(H,9,11)/t5-,6-/m1/s1. The van der Waals surface area contributed by atoms with Gasteiger partial charge in [-0.25, -0.2) is 4.79 Å². The molecule has 0 saturated carbocycles. The van der Waals surface area contributed by atoms with Crippen LogP contribution in [-0.4, -0.2) is 31.3 Å². The first-order valence-electron chi connectivity index (χ1n) is 4.26. The molecule has 0 aromatic heterocycles. The van der Waals surface area contributed by atoms with E-state index in [-0.39, 0.29) is 5.97 Å². The first-order valence-corrected chi connectivity index (χ1v) is 4.26. The van der Waals surface area contributed by atoms with Crippen molar-refractivity contribution in [1.82, 2.24) is 5.32 Å². The molecule has 1 amide bonds. The summed E-state index contributed by atoms with van der Waals surface area (Å²) in [5.74, 6) is -0.733. The van der Waals surface area contributed by atoms with E-state index < -0.39 is 18.1 Å². The average molecular weight is 187 g/mol. The van der Waals surface area contributed by atoms with Gasteiger partial charge in [0.05, 0.1) is 19.1 Å². The summed E-state index contributed by atoms with van der Waals surface area (Å²) in [7, 11) is 0. The maximum absolute atomic E-state index is 11.2. The number of ether oxygens (including phenoxy) is 2. The second-order valence-electron chi connectivity index (χ2n) is 2.87. The molecule has 74 valence electrons. The summed E-state index contributed by atoms with van der Waals surface area (Å²) in [6.07, 6.45) is -0.868. The second kappa shape index (κ2) is 4.11. The van der Waals surface area contributed by atoms with Gasteiger partial charge in [0.1, 0.15) is 6.10 Å². The molecule has 0 bridgehead atoms. The molecular formula is C8H13NO4. The van der Waals surface area contributed by atoms with Crippen molar-refractivity contribution in [3.8, 4) is 0 Å². The Labute approximate surface area is 76.4 Å². The molecule has 0 aliphatic carbocycles. The van der Waals surface area contributed by atoms with E-state index in [1.165, 1.54) is 0 Å². The second-order valence-corrected chi connectivity index (χ2v) is 2.87. The van der Waals surface area contributed by atoms with Gasteiger partial charge in [-0.3, -0.25) is 4.79 Å². The minimum atomic E-state index is -0.471. The Morgan fingerprint density at radius 3 is 3.00 bits per heavy atom. The number of amides is 1. The first kappa shape index (κ1) is 9.83. The Hall–Kier alpha value is -1.26. The third kappa shape index (κ3) is 2.34. The Kier molecular flexibility index (Phi) is 3.11. The smallest absolute Gasteiger partial charge is 0.407 e. The summed E-state index contributed by atoms with van der Waals surface area (Å²) in [4.78, 5) is 21.8. The lowest BCUT2D eigenvalue weighted by atomic mass is 10.1. The molecule has 1 saturated heterocycles. The van der Waals surface area contributed by atoms with Crippen LogP contribution < -0.4 is 5.32 Å². The number of carbonyl (C=O) groups is 2. The van der Waals surface area contributed by atoms with Gasteiger partial charge in [-0.1, -0.05) is 0 Å². The number of carbonyl (C=O) groups excluding carboxylic acids is 2. The highest BCUT2D eigenvalue weighted by atomic mass is 16.6. The first-order chi connectivity index (χ1) is 6.15. The molecule has 1 N–H and O–H groups in total. The Morgan fingerprint density at radius 2 is 2.54 bits per heavy atom. The van der Waals surface area contributed by atoms with Gasteiger partial charge in [-0.15, -0.1) is 0 Å². The van der Waals surface area contributed by atoms with E-state index in [1.807, 2.05) is 0 Å². The summed E-state index contributed by atoms with van der Waals surface area (Å²) < 4.78 is 9.63. The lowest BCUT2D eigenvalue weighted by Gasteiger charge is -2.14. The van der Waals surface area contributed by atoms with Crippen LogP contribution in [0.4, 0.5) is 4.79 Å². The van der Waals surface area contributed by atoms with Crippen LogP contribution in [0.2, 0.25) is 0 Å². The van der Waals surface area contributed by atoms with Crippen molar-refractivity contribution in [3.05, 3.63) is 0 Å². The molecule has 1 aliphatic heterocycles. The van der Waals surface area contributed by atoms with E-state index in [4.69, 9.17) is 9.47 Å². The Bertz CT molecular complexity index is 216. The predicted octanol–water partition coefficient (Wildman–Crippen LogP) is 0.294. The van der Waals surface area contributed by atoms with Crippen molar-refractivity contribution in [1.29, 1.82) is 0 Å². The van der Waals surface area contributed by atoms with Crippen LogP contribution in [-0.2, 0) is 14.3 Å². The van der Waals surface area contributed by atoms with Gasteiger partial charge in [-0.2, -0.15) is 0 Å². The summed E-state index contributed by atoms with van der Waals surface area (Å²) in [5, 5.41) is 2.48. The zero-order chi connectivity index (χ0) is 9.84. The molecule has 0 radical (unpaired) electrons. The van der Waals surface area contributed by atoms with E-state index in [9.17, 15) is 9.59 Å². The number of rotatable bonds is 3. The van der Waals surface area contributed by atoms with Crippen LogP contribution in [0, 0.1) is 5.92 Å². The number of cyclic esters (lactones) is 1. The average Bonchev–Trinajstić information content (AvgIpc) is 2.51. The van der Waals surface area contributed by atoms with Gasteiger partial charge in [0.15, 0.2) is 0 Å². The Morgan fingerprint density at radius 1 is 1.85 bits per heavy atom. The lowest BCUT2D eigenvalue weighted by molar-refractivity contribution is -0.150. The molecule has 5 nitrogen and oxygen atoms in total. The SMILES string of the molecule is CCOC(=O)[C@H](C)[C@H]1CNC(=O)O1. The summed E-state index contributed by atoms with van der Waals surface area (Å²) >= 11 is 0. The topological polar surface area (TPSA) is 64.6 Å². The summed E-state index contributed by atoms with van der Waals surface area (Å²) in [5.41, 5.74) is 0. The van der Waals surface area contributed by atoms with Gasteiger partial charge < -0.3 is 14.8 Å². The molecule has 13 heavy (non-hydrogen) atoms. The van der Waals surface area contributed by atoms with Crippen molar-refractivity contribution in [3.63, 3.8) is 0 Å². The zero-order valence-electron chi connectivity index (χ0n) is 7.70. The molecule has 1 fully saturated rings. The van der Waals surface area contributed by atoms with E-state index in [0.29, 0.717) is 13.2 Å². The minimum Gasteiger partial charge on any atom is -0.466 e. The fraction of sp³-hybridized carbons (Fsp3) is 0.750. The fourth-order valence-corrected chi connectivity index (χ4v) is 1.11. The van der Waals surface area contributed by atoms with E-state index in [1.54, 1.807) is 13.8 Å². The van der Waals surface area contributed by atoms with Crippen molar-refractivity contribution in [2.24, 2.45) is 5.92 Å². The van der Waals surface area contributed by atoms with Gasteiger partial charge in [-0.05, 0) is 13.8 Å². The molecule has 5 heteroatoms. The maximum atomic E-state index is 11.2. The molecule has 1 rings (SSSR count). The van der Waals surface area contributed by atoms with Crippen LogP contribution in [0.1, 0.15) is 13.8 Å². The molecular weight excluding hydrogens is 174 g/mol. The van der Waals surface area contributed by atoms with Crippen molar-refractivity contribution in [2.45, 2.75) is 20.0 Å².